The van der Waals surface area contributed by atoms with E-state index in [1.54, 1.807) is 0 Å². The number of benzene rings is 1. The number of nitrogens with one attached hydrogen (secondary N) is 1. The van der Waals surface area contributed by atoms with Gasteiger partial charge in [-0.25, -0.2) is 0 Å². The fraction of sp³-hybridized carbons (Fsp3) is 0.611. The van der Waals surface area contributed by atoms with E-state index in [0.717, 1.165) is 24.9 Å². The smallest absolute Gasteiger partial charge is 0.225 e. The zero-order valence-corrected chi connectivity index (χ0v) is 13.5. The molecule has 0 bridgehead atoms. The number of hydrogen-bond donors (Lipinski definition) is 2. The zero-order chi connectivity index (χ0) is 15.5. The average Bonchev–Trinajstić information content (AvgIpc) is 2.36. The van der Waals surface area contributed by atoms with Crippen LogP contribution < -0.4 is 11.1 Å². The third-order valence-corrected chi connectivity index (χ3v) is 3.99. The minimum absolute atomic E-state index is 0.0331. The predicted molar refractivity (Wildman–Crippen MR) is 88.4 cm³/mol. The molecule has 1 atom stereocenters. The van der Waals surface area contributed by atoms with Crippen LogP contribution in [0.3, 0.4) is 0 Å². The van der Waals surface area contributed by atoms with Gasteiger partial charge in [0.05, 0.1) is 0 Å². The standard InChI is InChI=1S/C18H28N2O/c1-18(2,3)12-14(19)11-17(21)20-16-10-6-8-13-7-4-5-9-15(13)16/h6,8,10,14H,4-5,7,9,11-12,19H2,1-3H3,(H,20,21). The number of rotatable bonds is 4. The SMILES string of the molecule is CC(C)(C)CC(N)CC(=O)Nc1cccc2c1CCCC2. The van der Waals surface area contributed by atoms with E-state index in [2.05, 4.69) is 32.2 Å². The number of carbonyl (C=O) groups excluding carboxylic acids is 1. The van der Waals surface area contributed by atoms with Gasteiger partial charge in [-0.15, -0.1) is 0 Å². The monoisotopic (exact) mass is 288 g/mol. The van der Waals surface area contributed by atoms with E-state index >= 15 is 0 Å². The van der Waals surface area contributed by atoms with Crippen molar-refractivity contribution in [2.24, 2.45) is 11.1 Å². The normalized spacial score (nSPS) is 16.2. The Balaban J connectivity index is 1.97. The summed E-state index contributed by atoms with van der Waals surface area (Å²) in [5.41, 5.74) is 9.94. The molecule has 1 aromatic carbocycles. The third kappa shape index (κ3) is 4.85. The van der Waals surface area contributed by atoms with Gasteiger partial charge in [0.2, 0.25) is 5.91 Å². The van der Waals surface area contributed by atoms with Crippen LogP contribution in [0.25, 0.3) is 0 Å². The Morgan fingerprint density at radius 3 is 2.71 bits per heavy atom. The van der Waals surface area contributed by atoms with Crippen molar-refractivity contribution in [3.05, 3.63) is 29.3 Å². The van der Waals surface area contributed by atoms with Gasteiger partial charge >= 0.3 is 0 Å². The highest BCUT2D eigenvalue weighted by atomic mass is 16.1. The van der Waals surface area contributed by atoms with Crippen LogP contribution in [0, 0.1) is 5.41 Å². The molecule has 1 unspecified atom stereocenters. The van der Waals surface area contributed by atoms with Crippen LogP contribution in [0.1, 0.15) is 57.6 Å². The summed E-state index contributed by atoms with van der Waals surface area (Å²) >= 11 is 0. The van der Waals surface area contributed by atoms with Gasteiger partial charge in [-0.2, -0.15) is 0 Å². The van der Waals surface area contributed by atoms with Crippen LogP contribution in [-0.4, -0.2) is 11.9 Å². The summed E-state index contributed by atoms with van der Waals surface area (Å²) in [6.07, 6.45) is 5.90. The maximum Gasteiger partial charge on any atom is 0.225 e. The molecule has 0 saturated carbocycles. The number of nitrogens with two attached hydrogens (primary N) is 1. The van der Waals surface area contributed by atoms with Gasteiger partial charge in [0, 0.05) is 18.2 Å². The molecule has 1 amide bonds. The maximum atomic E-state index is 12.2. The van der Waals surface area contributed by atoms with Crippen LogP contribution in [-0.2, 0) is 17.6 Å². The quantitative estimate of drug-likeness (QED) is 0.888. The van der Waals surface area contributed by atoms with Gasteiger partial charge < -0.3 is 11.1 Å². The van der Waals surface area contributed by atoms with Crippen molar-refractivity contribution in [1.29, 1.82) is 0 Å². The molecule has 1 aromatic rings. The average molecular weight is 288 g/mol. The Morgan fingerprint density at radius 2 is 2.00 bits per heavy atom. The number of carbonyl (C=O) groups is 1. The lowest BCUT2D eigenvalue weighted by Crippen LogP contribution is -2.31. The molecule has 0 fully saturated rings. The van der Waals surface area contributed by atoms with Crippen molar-refractivity contribution in [3.8, 4) is 0 Å². The van der Waals surface area contributed by atoms with Crippen molar-refractivity contribution in [2.45, 2.75) is 65.3 Å². The molecule has 0 aromatic heterocycles. The van der Waals surface area contributed by atoms with E-state index in [9.17, 15) is 4.79 Å². The van der Waals surface area contributed by atoms with Gasteiger partial charge in [0.1, 0.15) is 0 Å². The summed E-state index contributed by atoms with van der Waals surface area (Å²) in [7, 11) is 0. The molecule has 1 aliphatic rings. The first-order chi connectivity index (χ1) is 9.85. The summed E-state index contributed by atoms with van der Waals surface area (Å²) in [6, 6.07) is 6.14. The van der Waals surface area contributed by atoms with Crippen LogP contribution in [0.15, 0.2) is 18.2 Å². The second-order valence-corrected chi connectivity index (χ2v) is 7.43. The summed E-state index contributed by atoms with van der Waals surface area (Å²) < 4.78 is 0. The Bertz CT molecular complexity index is 502. The van der Waals surface area contributed by atoms with E-state index in [-0.39, 0.29) is 17.4 Å². The molecule has 116 valence electrons. The van der Waals surface area contributed by atoms with Crippen molar-refractivity contribution in [1.82, 2.24) is 0 Å². The van der Waals surface area contributed by atoms with E-state index < -0.39 is 0 Å². The summed E-state index contributed by atoms with van der Waals surface area (Å²) in [6.45, 7) is 6.45. The molecule has 0 aliphatic heterocycles. The van der Waals surface area contributed by atoms with E-state index in [1.807, 2.05) is 12.1 Å². The topological polar surface area (TPSA) is 55.1 Å². The van der Waals surface area contributed by atoms with Gasteiger partial charge in [0.15, 0.2) is 0 Å². The molecule has 0 radical (unpaired) electrons. The van der Waals surface area contributed by atoms with Gasteiger partial charge in [-0.3, -0.25) is 4.79 Å². The van der Waals surface area contributed by atoms with Crippen molar-refractivity contribution in [2.75, 3.05) is 5.32 Å². The molecule has 2 rings (SSSR count). The fourth-order valence-corrected chi connectivity index (χ4v) is 3.20. The lowest BCUT2D eigenvalue weighted by molar-refractivity contribution is -0.116. The highest BCUT2D eigenvalue weighted by molar-refractivity contribution is 5.92. The minimum Gasteiger partial charge on any atom is -0.327 e. The lowest BCUT2D eigenvalue weighted by atomic mass is 9.87. The van der Waals surface area contributed by atoms with Gasteiger partial charge in [-0.1, -0.05) is 32.9 Å². The van der Waals surface area contributed by atoms with Crippen molar-refractivity contribution >= 4 is 11.6 Å². The highest BCUT2D eigenvalue weighted by Gasteiger charge is 2.19. The highest BCUT2D eigenvalue weighted by Crippen LogP contribution is 2.28. The molecular weight excluding hydrogens is 260 g/mol. The second kappa shape index (κ2) is 6.61. The summed E-state index contributed by atoms with van der Waals surface area (Å²) in [4.78, 5) is 12.2. The van der Waals surface area contributed by atoms with Crippen LogP contribution in [0.5, 0.6) is 0 Å². The number of amides is 1. The van der Waals surface area contributed by atoms with E-state index in [4.69, 9.17) is 5.73 Å². The summed E-state index contributed by atoms with van der Waals surface area (Å²) in [5.74, 6) is 0.0331. The van der Waals surface area contributed by atoms with Crippen LogP contribution in [0.4, 0.5) is 5.69 Å². The zero-order valence-electron chi connectivity index (χ0n) is 13.5. The first-order valence-electron chi connectivity index (χ1n) is 8.01. The number of hydrogen-bond acceptors (Lipinski definition) is 2. The molecule has 3 N–H and O–H groups in total. The Morgan fingerprint density at radius 1 is 1.29 bits per heavy atom. The van der Waals surface area contributed by atoms with E-state index in [1.165, 1.54) is 24.0 Å². The van der Waals surface area contributed by atoms with Crippen molar-refractivity contribution < 1.29 is 4.79 Å². The predicted octanol–water partition coefficient (Wildman–Crippen LogP) is 3.66. The van der Waals surface area contributed by atoms with Crippen molar-refractivity contribution in [3.63, 3.8) is 0 Å². The Hall–Kier alpha value is -1.35. The Labute approximate surface area is 128 Å². The second-order valence-electron chi connectivity index (χ2n) is 7.43. The Kier molecular flexibility index (Phi) is 5.04. The lowest BCUT2D eigenvalue weighted by Gasteiger charge is -2.23. The van der Waals surface area contributed by atoms with Gasteiger partial charge in [-0.05, 0) is 54.7 Å². The molecular formula is C18H28N2O. The first-order valence-corrected chi connectivity index (χ1v) is 8.01. The summed E-state index contributed by atoms with van der Waals surface area (Å²) in [5, 5.41) is 3.07. The molecule has 0 saturated heterocycles. The fourth-order valence-electron chi connectivity index (χ4n) is 3.20. The van der Waals surface area contributed by atoms with E-state index in [0.29, 0.717) is 6.42 Å². The maximum absolute atomic E-state index is 12.2. The third-order valence-electron chi connectivity index (χ3n) is 3.99. The largest absolute Gasteiger partial charge is 0.327 e. The van der Waals surface area contributed by atoms with Crippen LogP contribution in [0.2, 0.25) is 0 Å². The molecule has 3 nitrogen and oxygen atoms in total. The molecule has 1 aliphatic carbocycles. The number of anilines is 1. The molecule has 0 heterocycles. The molecule has 3 heteroatoms. The first kappa shape index (κ1) is 16.0. The molecule has 21 heavy (non-hydrogen) atoms. The minimum atomic E-state index is -0.0791. The molecule has 0 spiro atoms. The number of fused-ring (bicyclic) bond motifs is 1. The van der Waals surface area contributed by atoms with Gasteiger partial charge in [0.25, 0.3) is 0 Å². The van der Waals surface area contributed by atoms with Crippen LogP contribution >= 0.6 is 0 Å². The number of aryl methyl sites for hydroxylation is 1.